The Morgan fingerprint density at radius 3 is 1.14 bits per heavy atom. The summed E-state index contributed by atoms with van der Waals surface area (Å²) >= 11 is 1.75. The zero-order valence-electron chi connectivity index (χ0n) is 23.8. The van der Waals surface area contributed by atoms with Crippen LogP contribution in [-0.4, -0.2) is 6.61 Å². The van der Waals surface area contributed by atoms with Gasteiger partial charge in [-0.05, 0) is 28.8 Å². The van der Waals surface area contributed by atoms with Crippen LogP contribution >= 0.6 is 11.3 Å². The number of hydrogen-bond donors (Lipinski definition) is 0. The maximum absolute atomic E-state index is 5.74. The molecule has 0 aromatic carbocycles. The zero-order valence-corrected chi connectivity index (χ0v) is 24.7. The van der Waals surface area contributed by atoms with Crippen LogP contribution in [-0.2, 0) is 11.3 Å². The molecule has 1 nitrogen and oxygen atoms in total. The lowest BCUT2D eigenvalue weighted by molar-refractivity contribution is 0.117. The summed E-state index contributed by atoms with van der Waals surface area (Å²) < 4.78 is 5.74. The normalized spacial score (nSPS) is 11.5. The standard InChI is InChI=1S/C33H62OS/c1-2-3-4-5-6-7-8-9-10-11-12-13-14-15-16-17-18-19-20-21-22-23-24-25-26-27-29-34-31-33-28-30-35-32-33/h28,30,32H,2-27,29,31H2,1H3. The molecule has 0 fully saturated rings. The van der Waals surface area contributed by atoms with E-state index >= 15 is 0 Å². The van der Waals surface area contributed by atoms with E-state index in [0.29, 0.717) is 0 Å². The molecule has 0 amide bonds. The number of hydrogen-bond acceptors (Lipinski definition) is 2. The number of unbranched alkanes of at least 4 members (excludes halogenated alkanes) is 25. The van der Waals surface area contributed by atoms with E-state index in [-0.39, 0.29) is 0 Å². The summed E-state index contributed by atoms with van der Waals surface area (Å²) in [7, 11) is 0. The van der Waals surface area contributed by atoms with Gasteiger partial charge in [-0.15, -0.1) is 0 Å². The van der Waals surface area contributed by atoms with Crippen LogP contribution in [0.15, 0.2) is 16.8 Å². The van der Waals surface area contributed by atoms with Crippen LogP contribution in [0, 0.1) is 0 Å². The largest absolute Gasteiger partial charge is 0.377 e. The van der Waals surface area contributed by atoms with Crippen LogP contribution in [0.2, 0.25) is 0 Å². The maximum Gasteiger partial charge on any atom is 0.0724 e. The second-order valence-electron chi connectivity index (χ2n) is 11.0. The molecule has 0 radical (unpaired) electrons. The van der Waals surface area contributed by atoms with Crippen LogP contribution in [0.5, 0.6) is 0 Å². The minimum Gasteiger partial charge on any atom is -0.377 e. The molecule has 0 aliphatic rings. The molecule has 0 saturated carbocycles. The quantitative estimate of drug-likeness (QED) is 0.0981. The first kappa shape index (κ1) is 32.7. The van der Waals surface area contributed by atoms with E-state index in [2.05, 4.69) is 23.8 Å². The van der Waals surface area contributed by atoms with Crippen molar-refractivity contribution in [3.8, 4) is 0 Å². The van der Waals surface area contributed by atoms with Gasteiger partial charge in [0, 0.05) is 6.61 Å². The first-order chi connectivity index (χ1) is 17.4. The highest BCUT2D eigenvalue weighted by molar-refractivity contribution is 7.07. The van der Waals surface area contributed by atoms with Crippen molar-refractivity contribution in [1.82, 2.24) is 0 Å². The zero-order chi connectivity index (χ0) is 24.9. The molecule has 1 aromatic rings. The van der Waals surface area contributed by atoms with Gasteiger partial charge in [0.05, 0.1) is 6.61 Å². The van der Waals surface area contributed by atoms with Gasteiger partial charge in [-0.25, -0.2) is 0 Å². The third-order valence-corrected chi connectivity index (χ3v) is 8.22. The molecule has 0 aliphatic heterocycles. The molecule has 35 heavy (non-hydrogen) atoms. The molecule has 2 heteroatoms. The van der Waals surface area contributed by atoms with Gasteiger partial charge in [0.1, 0.15) is 0 Å². The molecular formula is C33H62OS. The van der Waals surface area contributed by atoms with Crippen LogP contribution in [0.4, 0.5) is 0 Å². The van der Waals surface area contributed by atoms with Crippen molar-refractivity contribution >= 4 is 11.3 Å². The van der Waals surface area contributed by atoms with E-state index in [1.807, 2.05) is 0 Å². The molecule has 1 rings (SSSR count). The van der Waals surface area contributed by atoms with Crippen LogP contribution in [0.1, 0.15) is 179 Å². The summed E-state index contributed by atoms with van der Waals surface area (Å²) in [5.74, 6) is 0. The van der Waals surface area contributed by atoms with Crippen molar-refractivity contribution in [1.29, 1.82) is 0 Å². The third-order valence-electron chi connectivity index (χ3n) is 7.49. The van der Waals surface area contributed by atoms with E-state index in [4.69, 9.17) is 4.74 Å². The van der Waals surface area contributed by atoms with Gasteiger partial charge in [0.15, 0.2) is 0 Å². The average Bonchev–Trinajstić information content (AvgIpc) is 3.39. The van der Waals surface area contributed by atoms with Gasteiger partial charge in [0.2, 0.25) is 0 Å². The molecule has 206 valence electrons. The fourth-order valence-corrected chi connectivity index (χ4v) is 5.74. The molecule has 0 atom stereocenters. The van der Waals surface area contributed by atoms with Crippen molar-refractivity contribution in [3.63, 3.8) is 0 Å². The van der Waals surface area contributed by atoms with Gasteiger partial charge in [-0.1, -0.05) is 167 Å². The molecule has 0 spiro atoms. The van der Waals surface area contributed by atoms with Crippen LogP contribution in [0.25, 0.3) is 0 Å². The Labute approximate surface area is 225 Å². The lowest BCUT2D eigenvalue weighted by Crippen LogP contribution is -1.94. The highest BCUT2D eigenvalue weighted by Crippen LogP contribution is 2.16. The second kappa shape index (κ2) is 28.2. The number of thiophene rings is 1. The Kier molecular flexibility index (Phi) is 26.4. The predicted molar refractivity (Wildman–Crippen MR) is 160 cm³/mol. The highest BCUT2D eigenvalue weighted by Gasteiger charge is 1.97. The molecule has 0 saturated heterocycles. The van der Waals surface area contributed by atoms with E-state index in [0.717, 1.165) is 13.2 Å². The van der Waals surface area contributed by atoms with Gasteiger partial charge < -0.3 is 4.74 Å². The second-order valence-corrected chi connectivity index (χ2v) is 11.8. The highest BCUT2D eigenvalue weighted by atomic mass is 32.1. The predicted octanol–water partition coefficient (Wildman–Crippen LogP) is 12.4. The van der Waals surface area contributed by atoms with Crippen molar-refractivity contribution in [2.24, 2.45) is 0 Å². The molecule has 1 heterocycles. The summed E-state index contributed by atoms with van der Waals surface area (Å²) in [6.45, 7) is 4.02. The number of ether oxygens (including phenoxy) is 1. The minimum absolute atomic E-state index is 0.795. The third kappa shape index (κ3) is 25.1. The SMILES string of the molecule is CCCCCCCCCCCCCCCCCCCCCCCCCCCCOCc1ccsc1. The first-order valence-electron chi connectivity index (χ1n) is 16.0. The van der Waals surface area contributed by atoms with Crippen molar-refractivity contribution in [2.45, 2.75) is 180 Å². The van der Waals surface area contributed by atoms with E-state index in [1.165, 1.54) is 173 Å². The summed E-state index contributed by atoms with van der Waals surface area (Å²) in [4.78, 5) is 0. The van der Waals surface area contributed by atoms with Gasteiger partial charge >= 0.3 is 0 Å². The molecule has 0 unspecified atom stereocenters. The smallest absolute Gasteiger partial charge is 0.0724 e. The van der Waals surface area contributed by atoms with Gasteiger partial charge in [-0.2, -0.15) is 11.3 Å². The Balaban J connectivity index is 1.61. The molecule has 1 aromatic heterocycles. The average molecular weight is 507 g/mol. The van der Waals surface area contributed by atoms with Crippen LogP contribution < -0.4 is 0 Å². The molecule has 0 N–H and O–H groups in total. The van der Waals surface area contributed by atoms with E-state index in [9.17, 15) is 0 Å². The maximum atomic E-state index is 5.74. The van der Waals surface area contributed by atoms with E-state index < -0.39 is 0 Å². The van der Waals surface area contributed by atoms with Crippen molar-refractivity contribution in [2.75, 3.05) is 6.61 Å². The lowest BCUT2D eigenvalue weighted by atomic mass is 10.0. The van der Waals surface area contributed by atoms with Crippen molar-refractivity contribution < 1.29 is 4.74 Å². The Morgan fingerprint density at radius 1 is 0.486 bits per heavy atom. The molecular weight excluding hydrogens is 444 g/mol. The summed E-state index contributed by atoms with van der Waals surface area (Å²) in [5, 5.41) is 4.31. The van der Waals surface area contributed by atoms with Crippen molar-refractivity contribution in [3.05, 3.63) is 22.4 Å². The topological polar surface area (TPSA) is 9.23 Å². The fourth-order valence-electron chi connectivity index (χ4n) is 5.08. The van der Waals surface area contributed by atoms with Crippen LogP contribution in [0.3, 0.4) is 0 Å². The Morgan fingerprint density at radius 2 is 0.829 bits per heavy atom. The first-order valence-corrected chi connectivity index (χ1v) is 17.0. The Hall–Kier alpha value is -0.340. The lowest BCUT2D eigenvalue weighted by Gasteiger charge is -2.05. The molecule has 0 aliphatic carbocycles. The summed E-state index contributed by atoms with van der Waals surface area (Å²) in [6, 6.07) is 2.16. The van der Waals surface area contributed by atoms with Gasteiger partial charge in [-0.3, -0.25) is 0 Å². The minimum atomic E-state index is 0.795. The number of rotatable bonds is 29. The molecule has 0 bridgehead atoms. The Bertz CT molecular complexity index is 483. The summed E-state index contributed by atoms with van der Waals surface area (Å²) in [5.41, 5.74) is 1.32. The fraction of sp³-hybridized carbons (Fsp3) is 0.879. The summed E-state index contributed by atoms with van der Waals surface area (Å²) in [6.07, 6.45) is 37.7. The monoisotopic (exact) mass is 506 g/mol. The van der Waals surface area contributed by atoms with E-state index in [1.54, 1.807) is 11.3 Å². The van der Waals surface area contributed by atoms with Gasteiger partial charge in [0.25, 0.3) is 0 Å².